The predicted octanol–water partition coefficient (Wildman–Crippen LogP) is 11.9. The lowest BCUT2D eigenvalue weighted by molar-refractivity contribution is 0.196. The second-order valence-electron chi connectivity index (χ2n) is 11.8. The van der Waals surface area contributed by atoms with E-state index in [-0.39, 0.29) is 0 Å². The summed E-state index contributed by atoms with van der Waals surface area (Å²) in [6.45, 7) is 0. The van der Waals surface area contributed by atoms with Crippen molar-refractivity contribution in [2.45, 2.75) is 141 Å². The van der Waals surface area contributed by atoms with E-state index < -0.39 is 0 Å². The summed E-state index contributed by atoms with van der Waals surface area (Å²) in [5.41, 5.74) is 1.55. The quantitative estimate of drug-likeness (QED) is 0.394. The summed E-state index contributed by atoms with van der Waals surface area (Å²) >= 11 is 0. The van der Waals surface area contributed by atoms with Crippen LogP contribution in [0.3, 0.4) is 0 Å². The lowest BCUT2D eigenvalue weighted by Crippen LogP contribution is -2.20. The van der Waals surface area contributed by atoms with E-state index in [4.69, 9.17) is 0 Å². The van der Waals surface area contributed by atoms with Crippen LogP contribution in [0.15, 0.2) is 66.7 Å². The number of rotatable bonds is 2. The molecule has 4 aliphatic rings. The number of hydrogen-bond donors (Lipinski definition) is 0. The first-order valence-corrected chi connectivity index (χ1v) is 16.0. The van der Waals surface area contributed by atoms with Crippen LogP contribution in [0.1, 0.15) is 146 Å². The Labute approximate surface area is 224 Å². The van der Waals surface area contributed by atoms with Gasteiger partial charge in [-0.05, 0) is 36.2 Å². The van der Waals surface area contributed by atoms with Gasteiger partial charge in [0.15, 0.2) is 0 Å². The highest BCUT2D eigenvalue weighted by atomic mass is 14.3. The van der Waals surface area contributed by atoms with Crippen molar-refractivity contribution in [3.05, 3.63) is 72.3 Å². The molecule has 4 saturated carbocycles. The molecule has 2 aromatic rings. The highest BCUT2D eigenvalue weighted by Crippen LogP contribution is 2.38. The van der Waals surface area contributed by atoms with Crippen LogP contribution in [0, 0.1) is 11.8 Å². The zero-order valence-electron chi connectivity index (χ0n) is 23.4. The maximum Gasteiger partial charge on any atom is -0.0162 e. The van der Waals surface area contributed by atoms with E-state index in [2.05, 4.69) is 30.3 Å². The van der Waals surface area contributed by atoms with Gasteiger partial charge in [-0.15, -0.1) is 0 Å². The van der Waals surface area contributed by atoms with Gasteiger partial charge in [0.25, 0.3) is 0 Å². The van der Waals surface area contributed by atoms with Crippen LogP contribution in [0.25, 0.3) is 0 Å². The zero-order valence-corrected chi connectivity index (χ0v) is 23.4. The standard InChI is InChI=1S/C12H22.C12H16.C6H12.C6H6/c2*1-3-7-11(8-4-1)12-9-5-2-6-10-12;2*1-2-4-6-5-3-1/h11-12H,1-10H2;1,3-4,7-8,12H,2,5-6,9-10H2;1-6H2;1-6H. The van der Waals surface area contributed by atoms with Crippen LogP contribution >= 0.6 is 0 Å². The van der Waals surface area contributed by atoms with Crippen molar-refractivity contribution in [1.29, 1.82) is 0 Å². The Morgan fingerprint density at radius 1 is 0.306 bits per heavy atom. The fourth-order valence-electron chi connectivity index (χ4n) is 6.82. The van der Waals surface area contributed by atoms with Gasteiger partial charge >= 0.3 is 0 Å². The molecule has 0 heteroatoms. The minimum Gasteiger partial charge on any atom is -0.0623 e. The van der Waals surface area contributed by atoms with E-state index in [1.54, 1.807) is 31.2 Å². The van der Waals surface area contributed by atoms with Crippen LogP contribution in [0.5, 0.6) is 0 Å². The molecule has 0 aromatic heterocycles. The van der Waals surface area contributed by atoms with Crippen LogP contribution in [-0.4, -0.2) is 0 Å². The van der Waals surface area contributed by atoms with Gasteiger partial charge in [0.1, 0.15) is 0 Å². The Hall–Kier alpha value is -1.56. The van der Waals surface area contributed by atoms with E-state index in [0.29, 0.717) is 0 Å². The van der Waals surface area contributed by atoms with Crippen molar-refractivity contribution in [2.75, 3.05) is 0 Å². The van der Waals surface area contributed by atoms with Gasteiger partial charge in [0, 0.05) is 0 Å². The van der Waals surface area contributed by atoms with Crippen molar-refractivity contribution in [1.82, 2.24) is 0 Å². The first-order valence-electron chi connectivity index (χ1n) is 16.0. The maximum absolute atomic E-state index is 2.27. The SMILES string of the molecule is C1CCC(C2CCCCC2)CC1.C1CCCCC1.c1ccc(C2CCCCC2)cc1.c1ccccc1. The Morgan fingerprint density at radius 2 is 0.583 bits per heavy atom. The Morgan fingerprint density at radius 3 is 0.944 bits per heavy atom. The molecular formula is C36H56. The van der Waals surface area contributed by atoms with Gasteiger partial charge in [-0.3, -0.25) is 0 Å². The van der Waals surface area contributed by atoms with Gasteiger partial charge in [-0.1, -0.05) is 189 Å². The first kappa shape index (κ1) is 29.0. The fraction of sp³-hybridized carbons (Fsp3) is 0.667. The normalized spacial score (nSPS) is 21.4. The molecule has 0 radical (unpaired) electrons. The third-order valence-corrected chi connectivity index (χ3v) is 9.01. The topological polar surface area (TPSA) is 0 Å². The highest BCUT2D eigenvalue weighted by Gasteiger charge is 2.24. The molecule has 4 aliphatic carbocycles. The summed E-state index contributed by atoms with van der Waals surface area (Å²) in [4.78, 5) is 0. The zero-order chi connectivity index (χ0) is 24.9. The van der Waals surface area contributed by atoms with Crippen molar-refractivity contribution in [3.63, 3.8) is 0 Å². The van der Waals surface area contributed by atoms with Gasteiger partial charge < -0.3 is 0 Å². The minimum absolute atomic E-state index is 0.861. The summed E-state index contributed by atoms with van der Waals surface area (Å²) in [5.74, 6) is 3.14. The third-order valence-electron chi connectivity index (χ3n) is 9.01. The van der Waals surface area contributed by atoms with Crippen molar-refractivity contribution >= 4 is 0 Å². The van der Waals surface area contributed by atoms with Crippen molar-refractivity contribution < 1.29 is 0 Å². The van der Waals surface area contributed by atoms with Crippen LogP contribution in [0.4, 0.5) is 0 Å². The summed E-state index contributed by atoms with van der Waals surface area (Å²) in [5, 5.41) is 0. The molecule has 0 spiro atoms. The molecule has 2 aromatic carbocycles. The summed E-state index contributed by atoms with van der Waals surface area (Å²) in [7, 11) is 0. The van der Waals surface area contributed by atoms with Crippen LogP contribution < -0.4 is 0 Å². The lowest BCUT2D eigenvalue weighted by Gasteiger charge is -2.32. The van der Waals surface area contributed by atoms with E-state index >= 15 is 0 Å². The fourth-order valence-corrected chi connectivity index (χ4v) is 6.82. The second-order valence-corrected chi connectivity index (χ2v) is 11.8. The molecular weight excluding hydrogens is 432 g/mol. The summed E-state index contributed by atoms with van der Waals surface area (Å²) in [6.07, 6.45) is 31.5. The largest absolute Gasteiger partial charge is 0.0623 e. The minimum atomic E-state index is 0.861. The highest BCUT2D eigenvalue weighted by molar-refractivity contribution is 5.19. The van der Waals surface area contributed by atoms with E-state index in [1.165, 1.54) is 109 Å². The molecule has 0 nitrogen and oxygen atoms in total. The molecule has 0 heterocycles. The predicted molar refractivity (Wildman–Crippen MR) is 160 cm³/mol. The Bertz CT molecular complexity index is 644. The van der Waals surface area contributed by atoms with Gasteiger partial charge in [-0.2, -0.15) is 0 Å². The van der Waals surface area contributed by atoms with Crippen LogP contribution in [0.2, 0.25) is 0 Å². The van der Waals surface area contributed by atoms with E-state index in [9.17, 15) is 0 Å². The molecule has 0 bridgehead atoms. The Balaban J connectivity index is 0.000000141. The average Bonchev–Trinajstić information content (AvgIpc) is 3.02. The molecule has 0 unspecified atom stereocenters. The molecule has 0 saturated heterocycles. The monoisotopic (exact) mass is 488 g/mol. The smallest absolute Gasteiger partial charge is 0.0162 e. The van der Waals surface area contributed by atoms with Crippen molar-refractivity contribution in [3.8, 4) is 0 Å². The lowest BCUT2D eigenvalue weighted by atomic mass is 9.73. The third kappa shape index (κ3) is 12.6. The number of benzene rings is 2. The van der Waals surface area contributed by atoms with Gasteiger partial charge in [-0.25, -0.2) is 0 Å². The first-order chi connectivity index (χ1) is 17.9. The molecule has 36 heavy (non-hydrogen) atoms. The average molecular weight is 489 g/mol. The molecule has 0 aliphatic heterocycles. The maximum atomic E-state index is 2.27. The molecule has 4 fully saturated rings. The molecule has 6 rings (SSSR count). The molecule has 0 N–H and O–H groups in total. The van der Waals surface area contributed by atoms with E-state index in [1.807, 2.05) is 36.4 Å². The van der Waals surface area contributed by atoms with Gasteiger partial charge in [0.05, 0.1) is 0 Å². The van der Waals surface area contributed by atoms with E-state index in [0.717, 1.165) is 17.8 Å². The number of hydrogen-bond acceptors (Lipinski definition) is 0. The van der Waals surface area contributed by atoms with Gasteiger partial charge in [0.2, 0.25) is 0 Å². The van der Waals surface area contributed by atoms with Crippen LogP contribution in [-0.2, 0) is 0 Å². The molecule has 0 amide bonds. The molecule has 0 atom stereocenters. The van der Waals surface area contributed by atoms with Crippen molar-refractivity contribution in [2.24, 2.45) is 11.8 Å². The summed E-state index contributed by atoms with van der Waals surface area (Å²) < 4.78 is 0. The summed E-state index contributed by atoms with van der Waals surface area (Å²) in [6, 6.07) is 23.0. The Kier molecular flexibility index (Phi) is 15.7. The molecule has 200 valence electrons. The second kappa shape index (κ2) is 19.5.